The fourth-order valence-electron chi connectivity index (χ4n) is 3.34. The number of carbonyl (C=O) groups is 2. The van der Waals surface area contributed by atoms with Gasteiger partial charge in [0.05, 0.1) is 16.4 Å². The summed E-state index contributed by atoms with van der Waals surface area (Å²) in [5.74, 6) is -1.42. The van der Waals surface area contributed by atoms with E-state index in [4.69, 9.17) is 11.6 Å². The van der Waals surface area contributed by atoms with E-state index in [1.165, 1.54) is 23.2 Å². The summed E-state index contributed by atoms with van der Waals surface area (Å²) in [6, 6.07) is 7.68. The minimum Gasteiger partial charge on any atom is -0.271 e. The van der Waals surface area contributed by atoms with Crippen LogP contribution in [0, 0.1) is 19.7 Å². The number of halogens is 2. The second-order valence-electron chi connectivity index (χ2n) is 6.40. The van der Waals surface area contributed by atoms with Crippen molar-refractivity contribution < 1.29 is 14.0 Å². The predicted octanol–water partition coefficient (Wildman–Crippen LogP) is 3.59. The first kappa shape index (κ1) is 16.7. The Kier molecular flexibility index (Phi) is 3.77. The number of hydrogen-bond donors (Lipinski definition) is 0. The number of benzene rings is 2. The van der Waals surface area contributed by atoms with E-state index in [1.54, 1.807) is 12.1 Å². The summed E-state index contributed by atoms with van der Waals surface area (Å²) in [6.45, 7) is 3.80. The zero-order valence-corrected chi connectivity index (χ0v) is 14.7. The SMILES string of the molecule is Cc1cc(C)cc(N2C(=O)[C@H]3N=NN(c4ccc(F)c(Cl)c4)[C@H]3C2=O)c1. The highest BCUT2D eigenvalue weighted by molar-refractivity contribution is 6.31. The Hall–Kier alpha value is -2.80. The molecule has 0 aliphatic carbocycles. The molecule has 0 saturated carbocycles. The number of hydrogen-bond acceptors (Lipinski definition) is 5. The number of fused-ring (bicyclic) bond motifs is 1. The molecule has 0 bridgehead atoms. The number of anilines is 2. The summed E-state index contributed by atoms with van der Waals surface area (Å²) in [4.78, 5) is 26.9. The van der Waals surface area contributed by atoms with Crippen molar-refractivity contribution in [2.75, 3.05) is 9.91 Å². The van der Waals surface area contributed by atoms with Gasteiger partial charge in [0, 0.05) is 0 Å². The molecule has 0 spiro atoms. The van der Waals surface area contributed by atoms with Crippen molar-refractivity contribution >= 4 is 34.8 Å². The molecule has 0 unspecified atom stereocenters. The normalized spacial score (nSPS) is 21.7. The molecule has 1 saturated heterocycles. The van der Waals surface area contributed by atoms with Crippen molar-refractivity contribution in [1.29, 1.82) is 0 Å². The largest absolute Gasteiger partial charge is 0.271 e. The van der Waals surface area contributed by atoms with Gasteiger partial charge in [0.25, 0.3) is 11.8 Å². The Morgan fingerprint density at radius 1 is 1.00 bits per heavy atom. The molecule has 2 heterocycles. The molecule has 4 rings (SSSR count). The van der Waals surface area contributed by atoms with E-state index < -0.39 is 29.7 Å². The molecule has 2 aromatic carbocycles. The van der Waals surface area contributed by atoms with Crippen molar-refractivity contribution in [1.82, 2.24) is 0 Å². The number of aryl methyl sites for hydroxylation is 2. The molecule has 2 amide bonds. The molecule has 0 radical (unpaired) electrons. The summed E-state index contributed by atoms with van der Waals surface area (Å²) in [7, 11) is 0. The van der Waals surface area contributed by atoms with Crippen molar-refractivity contribution in [2.45, 2.75) is 25.9 Å². The molecule has 2 aromatic rings. The highest BCUT2D eigenvalue weighted by Gasteiger charge is 2.55. The maximum absolute atomic E-state index is 13.4. The van der Waals surface area contributed by atoms with Crippen LogP contribution in [-0.4, -0.2) is 23.9 Å². The summed E-state index contributed by atoms with van der Waals surface area (Å²) in [5.41, 5.74) is 2.80. The summed E-state index contributed by atoms with van der Waals surface area (Å²) < 4.78 is 13.4. The molecule has 1 fully saturated rings. The minimum atomic E-state index is -0.924. The first-order valence-corrected chi connectivity index (χ1v) is 8.36. The zero-order chi connectivity index (χ0) is 18.6. The van der Waals surface area contributed by atoms with E-state index in [9.17, 15) is 14.0 Å². The molecule has 26 heavy (non-hydrogen) atoms. The fraction of sp³-hybridized carbons (Fsp3) is 0.222. The van der Waals surface area contributed by atoms with Gasteiger partial charge in [-0.3, -0.25) is 9.59 Å². The van der Waals surface area contributed by atoms with Crippen molar-refractivity contribution in [2.24, 2.45) is 10.3 Å². The van der Waals surface area contributed by atoms with Crippen LogP contribution in [0.15, 0.2) is 46.7 Å². The van der Waals surface area contributed by atoms with Crippen LogP contribution in [0.4, 0.5) is 15.8 Å². The molecule has 0 N–H and O–H groups in total. The van der Waals surface area contributed by atoms with Crippen LogP contribution in [0.2, 0.25) is 5.02 Å². The summed E-state index contributed by atoms with van der Waals surface area (Å²) in [5, 5.41) is 9.12. The first-order chi connectivity index (χ1) is 12.4. The maximum atomic E-state index is 13.4. The smallest absolute Gasteiger partial charge is 0.263 e. The molecule has 6 nitrogen and oxygen atoms in total. The Morgan fingerprint density at radius 3 is 2.35 bits per heavy atom. The van der Waals surface area contributed by atoms with E-state index in [2.05, 4.69) is 10.3 Å². The van der Waals surface area contributed by atoms with Crippen LogP contribution in [-0.2, 0) is 9.59 Å². The van der Waals surface area contributed by atoms with Crippen LogP contribution in [0.3, 0.4) is 0 Å². The number of imide groups is 1. The summed E-state index contributed by atoms with van der Waals surface area (Å²) in [6.07, 6.45) is 0. The van der Waals surface area contributed by atoms with Crippen molar-refractivity contribution in [3.63, 3.8) is 0 Å². The molecule has 2 aliphatic rings. The molecular weight excluding hydrogens is 359 g/mol. The van der Waals surface area contributed by atoms with E-state index >= 15 is 0 Å². The zero-order valence-electron chi connectivity index (χ0n) is 14.0. The molecule has 2 atom stereocenters. The van der Waals surface area contributed by atoms with Crippen molar-refractivity contribution in [3.05, 3.63) is 58.4 Å². The molecule has 8 heteroatoms. The fourth-order valence-corrected chi connectivity index (χ4v) is 3.51. The van der Waals surface area contributed by atoms with Gasteiger partial charge in [-0.1, -0.05) is 22.9 Å². The first-order valence-electron chi connectivity index (χ1n) is 7.98. The van der Waals surface area contributed by atoms with E-state index in [0.29, 0.717) is 11.4 Å². The van der Waals surface area contributed by atoms with E-state index in [0.717, 1.165) is 16.0 Å². The number of amides is 2. The molecule has 132 valence electrons. The second-order valence-corrected chi connectivity index (χ2v) is 6.80. The maximum Gasteiger partial charge on any atom is 0.263 e. The Bertz CT molecular complexity index is 957. The minimum absolute atomic E-state index is 0.0934. The third kappa shape index (κ3) is 2.47. The predicted molar refractivity (Wildman–Crippen MR) is 94.7 cm³/mol. The average Bonchev–Trinajstić information content (AvgIpc) is 3.10. The van der Waals surface area contributed by atoms with Crippen LogP contribution < -0.4 is 9.91 Å². The third-order valence-electron chi connectivity index (χ3n) is 4.41. The lowest BCUT2D eigenvalue weighted by Gasteiger charge is -2.21. The van der Waals surface area contributed by atoms with Gasteiger partial charge in [0.1, 0.15) is 5.82 Å². The van der Waals surface area contributed by atoms with Gasteiger partial charge >= 0.3 is 0 Å². The van der Waals surface area contributed by atoms with Crippen LogP contribution in [0.5, 0.6) is 0 Å². The average molecular weight is 373 g/mol. The Labute approximate surface area is 153 Å². The van der Waals surface area contributed by atoms with Crippen LogP contribution >= 0.6 is 11.6 Å². The van der Waals surface area contributed by atoms with E-state index in [1.807, 2.05) is 19.9 Å². The lowest BCUT2D eigenvalue weighted by molar-refractivity contribution is -0.121. The number of nitrogens with zero attached hydrogens (tertiary/aromatic N) is 4. The molecule has 0 aromatic heterocycles. The van der Waals surface area contributed by atoms with Gasteiger partial charge in [-0.2, -0.15) is 5.11 Å². The molecular formula is C18H14ClFN4O2. The van der Waals surface area contributed by atoms with Gasteiger partial charge < -0.3 is 0 Å². The van der Waals surface area contributed by atoms with Crippen molar-refractivity contribution in [3.8, 4) is 0 Å². The van der Waals surface area contributed by atoms with Gasteiger partial charge in [0.15, 0.2) is 12.1 Å². The lowest BCUT2D eigenvalue weighted by atomic mass is 10.1. The van der Waals surface area contributed by atoms with Gasteiger partial charge in [-0.05, 0) is 55.3 Å². The number of carbonyl (C=O) groups excluding carboxylic acids is 2. The third-order valence-corrected chi connectivity index (χ3v) is 4.70. The van der Waals surface area contributed by atoms with E-state index in [-0.39, 0.29) is 5.02 Å². The van der Waals surface area contributed by atoms with Gasteiger partial charge in [-0.25, -0.2) is 14.3 Å². The van der Waals surface area contributed by atoms with Crippen LogP contribution in [0.25, 0.3) is 0 Å². The second kappa shape index (κ2) is 5.88. The van der Waals surface area contributed by atoms with Crippen LogP contribution in [0.1, 0.15) is 11.1 Å². The summed E-state index contributed by atoms with van der Waals surface area (Å²) >= 11 is 5.82. The lowest BCUT2D eigenvalue weighted by Crippen LogP contribution is -2.40. The monoisotopic (exact) mass is 372 g/mol. The van der Waals surface area contributed by atoms with Gasteiger partial charge in [0.2, 0.25) is 0 Å². The Balaban J connectivity index is 1.72. The topological polar surface area (TPSA) is 65.3 Å². The quantitative estimate of drug-likeness (QED) is 0.756. The number of rotatable bonds is 2. The molecule has 2 aliphatic heterocycles. The Morgan fingerprint density at radius 2 is 1.69 bits per heavy atom. The van der Waals surface area contributed by atoms with Gasteiger partial charge in [-0.15, -0.1) is 0 Å². The highest BCUT2D eigenvalue weighted by Crippen LogP contribution is 2.36. The standard InChI is InChI=1S/C18H14ClFN4O2/c1-9-5-10(2)7-12(6-9)23-17(25)15-16(18(23)26)24(22-21-15)11-3-4-14(20)13(19)8-11/h3-8,15-16H,1-2H3/t15-,16+/m0/s1. The highest BCUT2D eigenvalue weighted by atomic mass is 35.5.